The van der Waals surface area contributed by atoms with Crippen molar-refractivity contribution in [3.05, 3.63) is 47.6 Å². The van der Waals surface area contributed by atoms with Crippen molar-refractivity contribution in [1.82, 2.24) is 10.2 Å². The second-order valence-electron chi connectivity index (χ2n) is 18.1. The summed E-state index contributed by atoms with van der Waals surface area (Å²) >= 11 is 0. The van der Waals surface area contributed by atoms with E-state index in [9.17, 15) is 18.7 Å². The number of amides is 1. The van der Waals surface area contributed by atoms with Gasteiger partial charge in [0.1, 0.15) is 23.8 Å². The number of ether oxygens (including phenoxy) is 3. The molecule has 49 heavy (non-hydrogen) atoms. The van der Waals surface area contributed by atoms with Gasteiger partial charge in [-0.25, -0.2) is 8.78 Å². The molecular weight excluding hydrogens is 626 g/mol. The number of hydrogen-bond donors (Lipinski definition) is 2. The van der Waals surface area contributed by atoms with Crippen molar-refractivity contribution in [2.45, 2.75) is 118 Å². The second-order valence-corrected chi connectivity index (χ2v) is 18.1. The Hall–Kier alpha value is -1.65. The van der Waals surface area contributed by atoms with Crippen molar-refractivity contribution in [1.29, 1.82) is 0 Å². The van der Waals surface area contributed by atoms with Crippen LogP contribution in [0.3, 0.4) is 0 Å². The third kappa shape index (κ3) is 4.90. The Morgan fingerprint density at radius 3 is 2.47 bits per heavy atom. The number of hydrogen-bond acceptors (Lipinski definition) is 6. The Labute approximate surface area is 291 Å². The maximum Gasteiger partial charge on any atom is 0.219 e. The monoisotopic (exact) mass is 682 g/mol. The van der Waals surface area contributed by atoms with Gasteiger partial charge in [0.2, 0.25) is 5.91 Å². The maximum absolute atomic E-state index is 13.7. The van der Waals surface area contributed by atoms with E-state index >= 15 is 0 Å². The lowest BCUT2D eigenvalue weighted by atomic mass is 9.41. The van der Waals surface area contributed by atoms with Crippen molar-refractivity contribution in [3.8, 4) is 0 Å². The second kappa shape index (κ2) is 11.7. The molecule has 11 atom stereocenters. The molecule has 1 amide bonds. The summed E-state index contributed by atoms with van der Waals surface area (Å²) in [5, 5.41) is 15.8. The smallest absolute Gasteiger partial charge is 0.219 e. The normalized spacial score (nSPS) is 45.9. The Morgan fingerprint density at radius 2 is 1.73 bits per heavy atom. The molecule has 7 nitrogen and oxygen atoms in total. The molecule has 7 fully saturated rings. The average Bonchev–Trinajstić information content (AvgIpc) is 3.67. The molecule has 2 heterocycles. The van der Waals surface area contributed by atoms with Gasteiger partial charge in [-0.3, -0.25) is 4.79 Å². The van der Waals surface area contributed by atoms with Gasteiger partial charge in [-0.15, -0.1) is 0 Å². The summed E-state index contributed by atoms with van der Waals surface area (Å²) in [6.45, 7) is 16.1. The Kier molecular flexibility index (Phi) is 8.21. The number of benzene rings is 1. The van der Waals surface area contributed by atoms with Gasteiger partial charge in [0.25, 0.3) is 0 Å². The zero-order chi connectivity index (χ0) is 34.7. The molecule has 2 spiro atoms. The van der Waals surface area contributed by atoms with Crippen LogP contribution in [-0.2, 0) is 25.5 Å². The van der Waals surface area contributed by atoms with Gasteiger partial charge in [0.15, 0.2) is 6.29 Å². The number of fused-ring (bicyclic) bond motifs is 4. The molecule has 4 unspecified atom stereocenters. The van der Waals surface area contributed by atoms with E-state index in [2.05, 4.69) is 39.9 Å². The number of nitrogens with zero attached hydrogens (tertiary/aromatic N) is 1. The molecule has 9 heteroatoms. The van der Waals surface area contributed by atoms with Crippen LogP contribution in [0.25, 0.3) is 0 Å². The predicted octanol–water partition coefficient (Wildman–Crippen LogP) is 6.78. The summed E-state index contributed by atoms with van der Waals surface area (Å²) in [7, 11) is 0. The van der Waals surface area contributed by atoms with E-state index < -0.39 is 17.7 Å². The van der Waals surface area contributed by atoms with Gasteiger partial charge in [-0.05, 0) is 108 Å². The van der Waals surface area contributed by atoms with E-state index in [0.717, 1.165) is 56.8 Å². The van der Waals surface area contributed by atoms with Gasteiger partial charge in [-0.2, -0.15) is 0 Å². The highest BCUT2D eigenvalue weighted by atomic mass is 19.1. The minimum Gasteiger partial charge on any atom is -0.389 e. The van der Waals surface area contributed by atoms with Crippen molar-refractivity contribution in [2.75, 3.05) is 26.2 Å². The maximum atomic E-state index is 13.7. The molecule has 5 saturated carbocycles. The fourth-order valence-electron chi connectivity index (χ4n) is 13.5. The van der Waals surface area contributed by atoms with Gasteiger partial charge in [0, 0.05) is 44.0 Å². The molecule has 2 saturated heterocycles. The zero-order valence-electron chi connectivity index (χ0n) is 30.2. The van der Waals surface area contributed by atoms with Crippen LogP contribution in [0.4, 0.5) is 8.78 Å². The molecule has 2 radical (unpaired) electrons. The lowest BCUT2D eigenvalue weighted by molar-refractivity contribution is -0.247. The van der Waals surface area contributed by atoms with Crippen LogP contribution in [0.5, 0.6) is 0 Å². The highest BCUT2D eigenvalue weighted by Crippen LogP contribution is 2.89. The molecule has 0 bridgehead atoms. The van der Waals surface area contributed by atoms with Gasteiger partial charge < -0.3 is 29.5 Å². The Balaban J connectivity index is 0.980. The number of halogens is 2. The number of carbonyl (C=O) groups is 1. The van der Waals surface area contributed by atoms with Crippen LogP contribution in [0.2, 0.25) is 0 Å². The summed E-state index contributed by atoms with van der Waals surface area (Å²) in [5.74, 6) is 0.442. The standard InChI is InChI=1S/C40H56F2N2O5/c1-23-15-28(20-43-19-25-16-26(41)18-27(42)17-25)48-34-33(23)37(5)11-12-40-22-39(40)10-9-31(49-32-21-44(24(2)45)13-14-47-32)36(3,4)29(39)7-8-30(40)38(37,6)35(34)46/h16-18,23,29-33,35,43,46H,7-15,19-22H2,1-6H3/t23-,29+,30+,31?,32?,33?,35+,37-,38-,39-,40?/m1/s1. The van der Waals surface area contributed by atoms with Crippen LogP contribution in [-0.4, -0.2) is 60.7 Å². The van der Waals surface area contributed by atoms with Gasteiger partial charge in [0.05, 0.1) is 25.4 Å². The van der Waals surface area contributed by atoms with Crippen molar-refractivity contribution < 1.29 is 32.9 Å². The zero-order valence-corrected chi connectivity index (χ0v) is 30.2. The molecule has 270 valence electrons. The van der Waals surface area contributed by atoms with E-state index in [1.807, 2.05) is 4.90 Å². The van der Waals surface area contributed by atoms with E-state index in [1.54, 1.807) is 6.92 Å². The molecule has 2 N–H and O–H groups in total. The van der Waals surface area contributed by atoms with E-state index in [-0.39, 0.29) is 51.3 Å². The first-order chi connectivity index (χ1) is 23.2. The highest BCUT2D eigenvalue weighted by molar-refractivity contribution is 5.73. The molecule has 1 aromatic rings. The SMILES string of the molecule is CC(=O)N1CCOC(OC2CC[C@]34CC35CC[C@]3(C)C6[C](O[C](CNCc7cc(F)cc(F)c7)C[C@H]6C)[C@H](O)[C@@]3(C)[C@@H]5CC[C@H]4C2(C)C)C1. The van der Waals surface area contributed by atoms with Crippen LogP contribution < -0.4 is 5.32 Å². The summed E-state index contributed by atoms with van der Waals surface area (Å²) in [4.78, 5) is 13.9. The Bertz CT molecular complexity index is 1460. The molecule has 7 aliphatic rings. The first kappa shape index (κ1) is 34.4. The van der Waals surface area contributed by atoms with Crippen molar-refractivity contribution in [2.24, 2.45) is 50.7 Å². The molecule has 0 aromatic heterocycles. The quantitative estimate of drug-likeness (QED) is 0.345. The van der Waals surface area contributed by atoms with E-state index in [0.29, 0.717) is 56.1 Å². The Morgan fingerprint density at radius 1 is 1.02 bits per heavy atom. The number of rotatable bonds is 6. The summed E-state index contributed by atoms with van der Waals surface area (Å²) < 4.78 is 46.9. The summed E-state index contributed by atoms with van der Waals surface area (Å²) in [6, 6.07) is 3.60. The van der Waals surface area contributed by atoms with Gasteiger partial charge >= 0.3 is 0 Å². The van der Waals surface area contributed by atoms with Crippen LogP contribution in [0, 0.1) is 74.6 Å². The highest BCUT2D eigenvalue weighted by Gasteiger charge is 2.84. The third-order valence-electron chi connectivity index (χ3n) is 15.8. The number of carbonyl (C=O) groups excluding carboxylic acids is 1. The number of morpholine rings is 1. The van der Waals surface area contributed by atoms with E-state index in [1.165, 1.54) is 25.0 Å². The van der Waals surface area contributed by atoms with Crippen molar-refractivity contribution >= 4 is 5.91 Å². The molecule has 8 rings (SSSR count). The fraction of sp³-hybridized carbons (Fsp3) is 0.775. The van der Waals surface area contributed by atoms with Crippen LogP contribution >= 0.6 is 0 Å². The number of aliphatic hydroxyl groups is 1. The van der Waals surface area contributed by atoms with Crippen molar-refractivity contribution in [3.63, 3.8) is 0 Å². The lowest BCUT2D eigenvalue weighted by Gasteiger charge is -2.63. The minimum atomic E-state index is -0.630. The lowest BCUT2D eigenvalue weighted by Crippen LogP contribution is -2.60. The van der Waals surface area contributed by atoms with Crippen LogP contribution in [0.15, 0.2) is 18.2 Å². The summed E-state index contributed by atoms with van der Waals surface area (Å²) in [5.41, 5.74) is 0.738. The number of nitrogens with one attached hydrogen (secondary N) is 1. The predicted molar refractivity (Wildman–Crippen MR) is 180 cm³/mol. The third-order valence-corrected chi connectivity index (χ3v) is 15.8. The van der Waals surface area contributed by atoms with Gasteiger partial charge in [-0.1, -0.05) is 34.6 Å². The first-order valence-corrected chi connectivity index (χ1v) is 18.9. The molecule has 1 aromatic carbocycles. The summed E-state index contributed by atoms with van der Waals surface area (Å²) in [6.07, 6.45) is 9.63. The topological polar surface area (TPSA) is 80.3 Å². The largest absolute Gasteiger partial charge is 0.389 e. The average molecular weight is 683 g/mol. The van der Waals surface area contributed by atoms with E-state index in [4.69, 9.17) is 14.2 Å². The molecule has 5 aliphatic carbocycles. The number of aliphatic hydroxyl groups excluding tert-OH is 1. The fourth-order valence-corrected chi connectivity index (χ4v) is 13.5. The van der Waals surface area contributed by atoms with Crippen LogP contribution in [0.1, 0.15) is 98.5 Å². The molecule has 2 aliphatic heterocycles. The minimum absolute atomic E-state index is 0.0148. The first-order valence-electron chi connectivity index (χ1n) is 18.9. The molecular formula is C40H56F2N2O5.